The standard InChI is InChI=1S/C14H18BrNO2/c1-8-3-6-12(9(8)2)16-14(18)11-5-4-10(15)7-13(11)17/h4-5,7-9,12,17H,3,6H2,1-2H3,(H,16,18). The second-order valence-corrected chi connectivity index (χ2v) is 6.07. The summed E-state index contributed by atoms with van der Waals surface area (Å²) in [5.74, 6) is 0.965. The average Bonchev–Trinajstić information content (AvgIpc) is 2.61. The number of hydrogen-bond donors (Lipinski definition) is 2. The van der Waals surface area contributed by atoms with E-state index in [0.717, 1.165) is 17.3 Å². The molecular weight excluding hydrogens is 294 g/mol. The van der Waals surface area contributed by atoms with E-state index in [0.29, 0.717) is 17.4 Å². The third kappa shape index (κ3) is 2.69. The lowest BCUT2D eigenvalue weighted by Crippen LogP contribution is -2.37. The van der Waals surface area contributed by atoms with E-state index in [9.17, 15) is 9.90 Å². The third-order valence-corrected chi connectivity index (χ3v) is 4.48. The van der Waals surface area contributed by atoms with E-state index in [-0.39, 0.29) is 17.7 Å². The lowest BCUT2D eigenvalue weighted by molar-refractivity contribution is 0.0924. The number of amides is 1. The average molecular weight is 312 g/mol. The number of hydrogen-bond acceptors (Lipinski definition) is 2. The van der Waals surface area contributed by atoms with Crippen molar-refractivity contribution in [1.82, 2.24) is 5.32 Å². The molecule has 0 spiro atoms. The van der Waals surface area contributed by atoms with Gasteiger partial charge in [0.2, 0.25) is 0 Å². The van der Waals surface area contributed by atoms with Crippen LogP contribution in [0.2, 0.25) is 0 Å². The van der Waals surface area contributed by atoms with E-state index in [4.69, 9.17) is 0 Å². The van der Waals surface area contributed by atoms with Crippen LogP contribution in [0.25, 0.3) is 0 Å². The molecule has 1 aliphatic rings. The summed E-state index contributed by atoms with van der Waals surface area (Å²) >= 11 is 3.26. The van der Waals surface area contributed by atoms with Gasteiger partial charge >= 0.3 is 0 Å². The van der Waals surface area contributed by atoms with Crippen LogP contribution in [-0.2, 0) is 0 Å². The number of rotatable bonds is 2. The summed E-state index contributed by atoms with van der Waals surface area (Å²) in [6.45, 7) is 4.39. The normalized spacial score (nSPS) is 27.2. The first-order chi connectivity index (χ1) is 8.49. The molecule has 1 aliphatic carbocycles. The monoisotopic (exact) mass is 311 g/mol. The Kier molecular flexibility index (Phi) is 3.95. The first kappa shape index (κ1) is 13.4. The predicted octanol–water partition coefficient (Wildman–Crippen LogP) is 3.32. The van der Waals surface area contributed by atoms with Crippen LogP contribution in [0.1, 0.15) is 37.0 Å². The van der Waals surface area contributed by atoms with E-state index >= 15 is 0 Å². The van der Waals surface area contributed by atoms with Gasteiger partial charge in [-0.15, -0.1) is 0 Å². The maximum atomic E-state index is 12.1. The van der Waals surface area contributed by atoms with Crippen molar-refractivity contribution in [3.8, 4) is 5.75 Å². The van der Waals surface area contributed by atoms with Crippen molar-refractivity contribution in [2.24, 2.45) is 11.8 Å². The number of phenols is 1. The van der Waals surface area contributed by atoms with Crippen LogP contribution in [0.3, 0.4) is 0 Å². The molecule has 0 aromatic heterocycles. The highest BCUT2D eigenvalue weighted by molar-refractivity contribution is 9.10. The molecule has 1 aromatic carbocycles. The molecule has 0 aliphatic heterocycles. The van der Waals surface area contributed by atoms with Crippen LogP contribution in [0.5, 0.6) is 5.75 Å². The zero-order valence-corrected chi connectivity index (χ0v) is 12.2. The first-order valence-electron chi connectivity index (χ1n) is 6.28. The van der Waals surface area contributed by atoms with Crippen LogP contribution in [0.15, 0.2) is 22.7 Å². The lowest BCUT2D eigenvalue weighted by Gasteiger charge is -2.20. The molecule has 2 N–H and O–H groups in total. The van der Waals surface area contributed by atoms with E-state index in [1.807, 2.05) is 0 Å². The Hall–Kier alpha value is -1.03. The third-order valence-electron chi connectivity index (χ3n) is 3.99. The van der Waals surface area contributed by atoms with Gasteiger partial charge in [-0.25, -0.2) is 0 Å². The van der Waals surface area contributed by atoms with Gasteiger partial charge in [-0.3, -0.25) is 4.79 Å². The van der Waals surface area contributed by atoms with Crippen LogP contribution in [-0.4, -0.2) is 17.1 Å². The minimum absolute atomic E-state index is 0.0144. The number of phenolic OH excluding ortho intramolecular Hbond substituents is 1. The molecule has 0 saturated heterocycles. The summed E-state index contributed by atoms with van der Waals surface area (Å²) in [6, 6.07) is 5.15. The minimum Gasteiger partial charge on any atom is -0.507 e. The predicted molar refractivity (Wildman–Crippen MR) is 74.6 cm³/mol. The zero-order chi connectivity index (χ0) is 13.3. The molecule has 1 amide bonds. The summed E-state index contributed by atoms with van der Waals surface area (Å²) in [6.07, 6.45) is 2.17. The molecule has 1 aromatic rings. The van der Waals surface area contributed by atoms with Gasteiger partial charge in [0, 0.05) is 10.5 Å². The Labute approximate surface area is 116 Å². The zero-order valence-electron chi connectivity index (χ0n) is 10.6. The fourth-order valence-corrected chi connectivity index (χ4v) is 2.86. The first-order valence-corrected chi connectivity index (χ1v) is 7.07. The van der Waals surface area contributed by atoms with Crippen molar-refractivity contribution in [3.63, 3.8) is 0 Å². The highest BCUT2D eigenvalue weighted by Gasteiger charge is 2.31. The maximum Gasteiger partial charge on any atom is 0.255 e. The van der Waals surface area contributed by atoms with Gasteiger partial charge in [-0.05, 0) is 42.9 Å². The van der Waals surface area contributed by atoms with Gasteiger partial charge in [0.15, 0.2) is 0 Å². The van der Waals surface area contributed by atoms with Crippen LogP contribution in [0, 0.1) is 11.8 Å². The molecule has 1 fully saturated rings. The highest BCUT2D eigenvalue weighted by Crippen LogP contribution is 2.31. The number of aromatic hydroxyl groups is 1. The highest BCUT2D eigenvalue weighted by atomic mass is 79.9. The smallest absolute Gasteiger partial charge is 0.255 e. The van der Waals surface area contributed by atoms with Crippen molar-refractivity contribution in [1.29, 1.82) is 0 Å². The van der Waals surface area contributed by atoms with E-state index in [1.54, 1.807) is 12.1 Å². The van der Waals surface area contributed by atoms with E-state index in [2.05, 4.69) is 35.1 Å². The molecule has 0 radical (unpaired) electrons. The van der Waals surface area contributed by atoms with Crippen LogP contribution >= 0.6 is 15.9 Å². The van der Waals surface area contributed by atoms with Crippen LogP contribution < -0.4 is 5.32 Å². The molecule has 0 bridgehead atoms. The van der Waals surface area contributed by atoms with Crippen molar-refractivity contribution < 1.29 is 9.90 Å². The fourth-order valence-electron chi connectivity index (χ4n) is 2.51. The quantitative estimate of drug-likeness (QED) is 0.880. The summed E-state index contributed by atoms with van der Waals surface area (Å²) in [5, 5.41) is 12.8. The van der Waals surface area contributed by atoms with Gasteiger partial charge in [0.1, 0.15) is 5.75 Å². The molecule has 3 atom stereocenters. The Bertz CT molecular complexity index is 461. The molecule has 98 valence electrons. The Balaban J connectivity index is 2.08. The molecule has 2 rings (SSSR count). The molecule has 3 unspecified atom stereocenters. The Morgan fingerprint density at radius 2 is 2.11 bits per heavy atom. The molecule has 3 nitrogen and oxygen atoms in total. The number of carbonyl (C=O) groups is 1. The minimum atomic E-state index is -0.189. The fraction of sp³-hybridized carbons (Fsp3) is 0.500. The molecule has 0 heterocycles. The summed E-state index contributed by atoms with van der Waals surface area (Å²) in [4.78, 5) is 12.1. The largest absolute Gasteiger partial charge is 0.507 e. The second kappa shape index (κ2) is 5.31. The van der Waals surface area contributed by atoms with Gasteiger partial charge in [-0.2, -0.15) is 0 Å². The van der Waals surface area contributed by atoms with Gasteiger partial charge in [0.05, 0.1) is 5.56 Å². The summed E-state index contributed by atoms with van der Waals surface area (Å²) < 4.78 is 0.763. The molecule has 18 heavy (non-hydrogen) atoms. The lowest BCUT2D eigenvalue weighted by atomic mass is 9.97. The van der Waals surface area contributed by atoms with Crippen molar-refractivity contribution in [2.75, 3.05) is 0 Å². The van der Waals surface area contributed by atoms with E-state index in [1.165, 1.54) is 6.07 Å². The number of nitrogens with one attached hydrogen (secondary N) is 1. The number of halogens is 1. The number of carbonyl (C=O) groups excluding carboxylic acids is 1. The Morgan fingerprint density at radius 3 is 2.67 bits per heavy atom. The summed E-state index contributed by atoms with van der Waals surface area (Å²) in [5.41, 5.74) is 0.338. The van der Waals surface area contributed by atoms with Crippen LogP contribution in [0.4, 0.5) is 0 Å². The van der Waals surface area contributed by atoms with Crippen molar-refractivity contribution in [2.45, 2.75) is 32.7 Å². The van der Waals surface area contributed by atoms with Gasteiger partial charge in [-0.1, -0.05) is 29.8 Å². The Morgan fingerprint density at radius 1 is 1.39 bits per heavy atom. The van der Waals surface area contributed by atoms with E-state index < -0.39 is 0 Å². The topological polar surface area (TPSA) is 49.3 Å². The SMILES string of the molecule is CC1CCC(NC(=O)c2ccc(Br)cc2O)C1C. The second-order valence-electron chi connectivity index (χ2n) is 5.16. The van der Waals surface area contributed by atoms with Gasteiger partial charge < -0.3 is 10.4 Å². The molecule has 4 heteroatoms. The van der Waals surface area contributed by atoms with Gasteiger partial charge in [0.25, 0.3) is 5.91 Å². The molecular formula is C14H18BrNO2. The number of benzene rings is 1. The molecule has 1 saturated carbocycles. The van der Waals surface area contributed by atoms with Crippen molar-refractivity contribution in [3.05, 3.63) is 28.2 Å². The summed E-state index contributed by atoms with van der Waals surface area (Å²) in [7, 11) is 0. The van der Waals surface area contributed by atoms with Crippen molar-refractivity contribution >= 4 is 21.8 Å². The maximum absolute atomic E-state index is 12.1.